The zero-order valence-corrected chi connectivity index (χ0v) is 14.9. The molecule has 0 heterocycles. The van der Waals surface area contributed by atoms with Crippen molar-refractivity contribution in [3.05, 3.63) is 77.0 Å². The summed E-state index contributed by atoms with van der Waals surface area (Å²) in [6.07, 6.45) is 1.67. The van der Waals surface area contributed by atoms with Gasteiger partial charge in [0.15, 0.2) is 0 Å². The first-order chi connectivity index (χ1) is 12.6. The monoisotopic (exact) mass is 347 g/mol. The molecule has 26 heavy (non-hydrogen) atoms. The molecule has 2 aromatic carbocycles. The van der Waals surface area contributed by atoms with Gasteiger partial charge in [-0.2, -0.15) is 5.26 Å². The predicted octanol–water partition coefficient (Wildman–Crippen LogP) is 3.20. The van der Waals surface area contributed by atoms with Crippen LogP contribution in [0.15, 0.2) is 60.3 Å². The lowest BCUT2D eigenvalue weighted by Gasteiger charge is -2.21. The molecule has 1 N–H and O–H groups in total. The molecule has 2 aromatic rings. The Labute approximate surface area is 153 Å². The Balaban J connectivity index is 2.31. The van der Waals surface area contributed by atoms with Gasteiger partial charge in [-0.3, -0.25) is 9.59 Å². The molecule has 0 aliphatic heterocycles. The summed E-state index contributed by atoms with van der Waals surface area (Å²) in [5, 5.41) is 11.6. The molecular formula is C21H21N3O2. The first-order valence-electron chi connectivity index (χ1n) is 8.46. The molecule has 132 valence electrons. The third-order valence-electron chi connectivity index (χ3n) is 3.92. The number of carbonyl (C=O) groups is 2. The molecule has 0 fully saturated rings. The fourth-order valence-electron chi connectivity index (χ4n) is 2.44. The highest BCUT2D eigenvalue weighted by atomic mass is 16.2. The molecule has 0 spiro atoms. The lowest BCUT2D eigenvalue weighted by atomic mass is 10.1. The van der Waals surface area contributed by atoms with Crippen molar-refractivity contribution < 1.29 is 9.59 Å². The van der Waals surface area contributed by atoms with Gasteiger partial charge in [0.1, 0.15) is 5.70 Å². The standard InChI is InChI=1S/C21H21N3O2/c1-3-24(4-2)21(26)19(14-16-8-6-5-7-9-16)23-20(25)18-12-10-17(15-22)11-13-18/h5-14H,3-4H2,1-2H3,(H,23,25). The normalized spacial score (nSPS) is 10.7. The zero-order valence-electron chi connectivity index (χ0n) is 14.9. The molecule has 0 aromatic heterocycles. The molecule has 2 rings (SSSR count). The number of benzene rings is 2. The molecule has 5 heteroatoms. The maximum Gasteiger partial charge on any atom is 0.270 e. The van der Waals surface area contributed by atoms with Crippen LogP contribution in [0.25, 0.3) is 6.08 Å². The quantitative estimate of drug-likeness (QED) is 0.816. The van der Waals surface area contributed by atoms with Crippen molar-refractivity contribution in [1.29, 1.82) is 5.26 Å². The highest BCUT2D eigenvalue weighted by Crippen LogP contribution is 2.10. The Morgan fingerprint density at radius 3 is 2.19 bits per heavy atom. The maximum absolute atomic E-state index is 12.8. The van der Waals surface area contributed by atoms with Crippen LogP contribution >= 0.6 is 0 Å². The van der Waals surface area contributed by atoms with E-state index in [0.29, 0.717) is 24.2 Å². The lowest BCUT2D eigenvalue weighted by molar-refractivity contribution is -0.127. The van der Waals surface area contributed by atoms with Crippen molar-refractivity contribution in [3.8, 4) is 6.07 Å². The molecule has 0 unspecified atom stereocenters. The summed E-state index contributed by atoms with van der Waals surface area (Å²) < 4.78 is 0. The van der Waals surface area contributed by atoms with Crippen LogP contribution in [-0.2, 0) is 4.79 Å². The Hall–Kier alpha value is -3.39. The molecule has 0 aliphatic carbocycles. The molecular weight excluding hydrogens is 326 g/mol. The van der Waals surface area contributed by atoms with E-state index < -0.39 is 5.91 Å². The van der Waals surface area contributed by atoms with Gasteiger partial charge in [0.05, 0.1) is 11.6 Å². The number of hydrogen-bond donors (Lipinski definition) is 1. The van der Waals surface area contributed by atoms with E-state index >= 15 is 0 Å². The van der Waals surface area contributed by atoms with Crippen molar-refractivity contribution in [2.45, 2.75) is 13.8 Å². The smallest absolute Gasteiger partial charge is 0.270 e. The van der Waals surface area contributed by atoms with Crippen LogP contribution in [0, 0.1) is 11.3 Å². The van der Waals surface area contributed by atoms with Crippen LogP contribution < -0.4 is 5.32 Å². The minimum Gasteiger partial charge on any atom is -0.338 e. The Morgan fingerprint density at radius 2 is 1.65 bits per heavy atom. The molecule has 0 atom stereocenters. The highest BCUT2D eigenvalue weighted by molar-refractivity contribution is 6.05. The van der Waals surface area contributed by atoms with Gasteiger partial charge >= 0.3 is 0 Å². The van der Waals surface area contributed by atoms with Gasteiger partial charge in [0.25, 0.3) is 11.8 Å². The number of rotatable bonds is 6. The van der Waals surface area contributed by atoms with E-state index in [1.165, 1.54) is 0 Å². The zero-order chi connectivity index (χ0) is 18.9. The van der Waals surface area contributed by atoms with Crippen molar-refractivity contribution in [1.82, 2.24) is 10.2 Å². The van der Waals surface area contributed by atoms with Gasteiger partial charge in [-0.25, -0.2) is 0 Å². The largest absolute Gasteiger partial charge is 0.338 e. The fraction of sp³-hybridized carbons (Fsp3) is 0.190. The summed E-state index contributed by atoms with van der Waals surface area (Å²) in [7, 11) is 0. The number of nitrogens with one attached hydrogen (secondary N) is 1. The molecule has 0 saturated carbocycles. The van der Waals surface area contributed by atoms with Crippen LogP contribution in [0.5, 0.6) is 0 Å². The number of nitriles is 1. The first kappa shape index (κ1) is 18.9. The van der Waals surface area contributed by atoms with Crippen molar-refractivity contribution in [2.75, 3.05) is 13.1 Å². The number of nitrogens with zero attached hydrogens (tertiary/aromatic N) is 2. The van der Waals surface area contributed by atoms with Gasteiger partial charge in [0.2, 0.25) is 0 Å². The van der Waals surface area contributed by atoms with E-state index in [-0.39, 0.29) is 11.6 Å². The predicted molar refractivity (Wildman–Crippen MR) is 101 cm³/mol. The summed E-state index contributed by atoms with van der Waals surface area (Å²) in [6, 6.07) is 17.6. The van der Waals surface area contributed by atoms with Gasteiger partial charge < -0.3 is 10.2 Å². The van der Waals surface area contributed by atoms with E-state index in [0.717, 1.165) is 5.56 Å². The highest BCUT2D eigenvalue weighted by Gasteiger charge is 2.18. The second kappa shape index (κ2) is 9.19. The average molecular weight is 347 g/mol. The summed E-state index contributed by atoms with van der Waals surface area (Å²) in [6.45, 7) is 4.89. The van der Waals surface area contributed by atoms with E-state index in [1.54, 1.807) is 35.2 Å². The summed E-state index contributed by atoms with van der Waals surface area (Å²) in [4.78, 5) is 27.0. The van der Waals surface area contributed by atoms with Crippen molar-refractivity contribution in [2.24, 2.45) is 0 Å². The van der Waals surface area contributed by atoms with Crippen molar-refractivity contribution in [3.63, 3.8) is 0 Å². The van der Waals surface area contributed by atoms with Crippen LogP contribution in [0.2, 0.25) is 0 Å². The van der Waals surface area contributed by atoms with Gasteiger partial charge in [0, 0.05) is 18.7 Å². The minimum atomic E-state index is -0.392. The number of hydrogen-bond acceptors (Lipinski definition) is 3. The molecule has 0 aliphatic rings. The second-order valence-corrected chi connectivity index (χ2v) is 5.59. The Morgan fingerprint density at radius 1 is 1.04 bits per heavy atom. The van der Waals surface area contributed by atoms with E-state index in [1.807, 2.05) is 50.2 Å². The lowest BCUT2D eigenvalue weighted by Crippen LogP contribution is -2.38. The number of likely N-dealkylation sites (N-methyl/N-ethyl adjacent to an activating group) is 1. The Kier molecular flexibility index (Phi) is 6.69. The maximum atomic E-state index is 12.8. The Bertz CT molecular complexity index is 830. The summed E-state index contributed by atoms with van der Waals surface area (Å²) >= 11 is 0. The van der Waals surface area contributed by atoms with Crippen LogP contribution in [0.4, 0.5) is 0 Å². The number of carbonyl (C=O) groups excluding carboxylic acids is 2. The van der Waals surface area contributed by atoms with Gasteiger partial charge in [-0.1, -0.05) is 30.3 Å². The molecule has 5 nitrogen and oxygen atoms in total. The minimum absolute atomic E-state index is 0.217. The van der Waals surface area contributed by atoms with Gasteiger partial charge in [-0.15, -0.1) is 0 Å². The van der Waals surface area contributed by atoms with Crippen LogP contribution in [0.3, 0.4) is 0 Å². The van der Waals surface area contributed by atoms with Crippen molar-refractivity contribution >= 4 is 17.9 Å². The fourth-order valence-corrected chi connectivity index (χ4v) is 2.44. The average Bonchev–Trinajstić information content (AvgIpc) is 2.69. The molecule has 0 bridgehead atoms. The number of amides is 2. The van der Waals surface area contributed by atoms with Gasteiger partial charge in [-0.05, 0) is 49.8 Å². The SMILES string of the molecule is CCN(CC)C(=O)C(=Cc1ccccc1)NC(=O)c1ccc(C#N)cc1. The van der Waals surface area contributed by atoms with Crippen LogP contribution in [-0.4, -0.2) is 29.8 Å². The van der Waals surface area contributed by atoms with Crippen LogP contribution in [0.1, 0.15) is 35.3 Å². The van der Waals surface area contributed by atoms with E-state index in [4.69, 9.17) is 5.26 Å². The second-order valence-electron chi connectivity index (χ2n) is 5.59. The first-order valence-corrected chi connectivity index (χ1v) is 8.46. The third kappa shape index (κ3) is 4.81. The summed E-state index contributed by atoms with van der Waals surface area (Å²) in [5.74, 6) is -0.627. The molecule has 0 saturated heterocycles. The molecule has 2 amide bonds. The molecule has 0 radical (unpaired) electrons. The summed E-state index contributed by atoms with van der Waals surface area (Å²) in [5.41, 5.74) is 1.90. The third-order valence-corrected chi connectivity index (χ3v) is 3.92. The topological polar surface area (TPSA) is 73.2 Å². The van der Waals surface area contributed by atoms with E-state index in [2.05, 4.69) is 5.32 Å². The van der Waals surface area contributed by atoms with E-state index in [9.17, 15) is 9.59 Å².